The molecule has 1 aromatic carbocycles. The fourth-order valence-electron chi connectivity index (χ4n) is 1.99. The van der Waals surface area contributed by atoms with Gasteiger partial charge in [0, 0.05) is 18.4 Å². The van der Waals surface area contributed by atoms with Gasteiger partial charge in [-0.25, -0.2) is 9.97 Å². The molecule has 0 fully saturated rings. The standard InChI is InChI=1S/C14H17N3O2/c1-2-10(7-13(18)19)8-15-14-11-5-3-4-6-12(11)16-9-17-14/h3-6,9-10H,2,7-8H2,1H3,(H,18,19)(H,15,16,17). The zero-order valence-electron chi connectivity index (χ0n) is 10.8. The number of fused-ring (bicyclic) bond motifs is 1. The van der Waals surface area contributed by atoms with Gasteiger partial charge in [0.15, 0.2) is 0 Å². The second kappa shape index (κ2) is 6.13. The zero-order valence-corrected chi connectivity index (χ0v) is 10.8. The SMILES string of the molecule is CCC(CNc1ncnc2ccccc12)CC(=O)O. The summed E-state index contributed by atoms with van der Waals surface area (Å²) < 4.78 is 0. The number of carboxylic acid groups (broad SMARTS) is 1. The van der Waals surface area contributed by atoms with Crippen molar-refractivity contribution in [2.45, 2.75) is 19.8 Å². The highest BCUT2D eigenvalue weighted by Gasteiger charge is 2.12. The summed E-state index contributed by atoms with van der Waals surface area (Å²) in [6, 6.07) is 7.75. The molecule has 5 nitrogen and oxygen atoms in total. The van der Waals surface area contributed by atoms with Crippen LogP contribution in [0.4, 0.5) is 5.82 Å². The molecule has 0 aliphatic rings. The molecule has 19 heavy (non-hydrogen) atoms. The largest absolute Gasteiger partial charge is 0.481 e. The summed E-state index contributed by atoms with van der Waals surface area (Å²) in [5.74, 6) is 0.0989. The Hall–Kier alpha value is -2.17. The number of rotatable bonds is 6. The number of nitrogens with one attached hydrogen (secondary N) is 1. The summed E-state index contributed by atoms with van der Waals surface area (Å²) in [4.78, 5) is 19.2. The predicted octanol–water partition coefficient (Wildman–Crippen LogP) is 2.54. The smallest absolute Gasteiger partial charge is 0.303 e. The molecule has 1 atom stereocenters. The molecular formula is C14H17N3O2. The van der Waals surface area contributed by atoms with Crippen molar-refractivity contribution in [3.63, 3.8) is 0 Å². The molecule has 0 aliphatic carbocycles. The summed E-state index contributed by atoms with van der Waals surface area (Å²) in [6.45, 7) is 2.59. The Balaban J connectivity index is 2.11. The van der Waals surface area contributed by atoms with Crippen molar-refractivity contribution >= 4 is 22.7 Å². The Kier molecular flexibility index (Phi) is 4.28. The molecule has 2 aromatic rings. The Bertz CT molecular complexity index is 566. The normalized spacial score (nSPS) is 12.3. The molecule has 0 radical (unpaired) electrons. The molecular weight excluding hydrogens is 242 g/mol. The number of hydrogen-bond acceptors (Lipinski definition) is 4. The second-order valence-electron chi connectivity index (χ2n) is 4.49. The zero-order chi connectivity index (χ0) is 13.7. The van der Waals surface area contributed by atoms with Crippen LogP contribution in [0.3, 0.4) is 0 Å². The summed E-state index contributed by atoms with van der Waals surface area (Å²) in [5.41, 5.74) is 0.881. The van der Waals surface area contributed by atoms with Gasteiger partial charge in [-0.1, -0.05) is 25.5 Å². The van der Waals surface area contributed by atoms with Gasteiger partial charge in [-0.15, -0.1) is 0 Å². The Morgan fingerprint density at radius 1 is 1.37 bits per heavy atom. The van der Waals surface area contributed by atoms with E-state index in [0.717, 1.165) is 23.1 Å². The molecule has 2 N–H and O–H groups in total. The molecule has 0 amide bonds. The highest BCUT2D eigenvalue weighted by atomic mass is 16.4. The van der Waals surface area contributed by atoms with E-state index in [0.29, 0.717) is 6.54 Å². The molecule has 0 bridgehead atoms. The number of benzene rings is 1. The lowest BCUT2D eigenvalue weighted by atomic mass is 10.0. The molecule has 100 valence electrons. The Morgan fingerprint density at radius 2 is 2.16 bits per heavy atom. The van der Waals surface area contributed by atoms with E-state index in [-0.39, 0.29) is 12.3 Å². The third-order valence-corrected chi connectivity index (χ3v) is 3.14. The number of carboxylic acids is 1. The molecule has 1 unspecified atom stereocenters. The fourth-order valence-corrected chi connectivity index (χ4v) is 1.99. The van der Waals surface area contributed by atoms with Crippen LogP contribution in [0.25, 0.3) is 10.9 Å². The first-order valence-corrected chi connectivity index (χ1v) is 6.36. The predicted molar refractivity (Wildman–Crippen MR) is 74.1 cm³/mol. The minimum absolute atomic E-state index is 0.103. The van der Waals surface area contributed by atoms with Gasteiger partial charge >= 0.3 is 5.97 Å². The average Bonchev–Trinajstić information content (AvgIpc) is 2.43. The van der Waals surface area contributed by atoms with E-state index in [9.17, 15) is 4.79 Å². The summed E-state index contributed by atoms with van der Waals surface area (Å²) >= 11 is 0. The van der Waals surface area contributed by atoms with Crippen LogP contribution in [0.5, 0.6) is 0 Å². The lowest BCUT2D eigenvalue weighted by Crippen LogP contribution is -2.17. The lowest BCUT2D eigenvalue weighted by Gasteiger charge is -2.14. The molecule has 2 rings (SSSR count). The topological polar surface area (TPSA) is 75.1 Å². The monoisotopic (exact) mass is 259 g/mol. The number of hydrogen-bond donors (Lipinski definition) is 2. The van der Waals surface area contributed by atoms with E-state index in [4.69, 9.17) is 5.11 Å². The first-order valence-electron chi connectivity index (χ1n) is 6.36. The van der Waals surface area contributed by atoms with Crippen molar-refractivity contribution in [1.82, 2.24) is 9.97 Å². The van der Waals surface area contributed by atoms with Gasteiger partial charge in [0.2, 0.25) is 0 Å². The first-order chi connectivity index (χ1) is 9.20. The van der Waals surface area contributed by atoms with Gasteiger partial charge in [0.1, 0.15) is 12.1 Å². The van der Waals surface area contributed by atoms with E-state index in [1.54, 1.807) is 0 Å². The van der Waals surface area contributed by atoms with E-state index < -0.39 is 5.97 Å². The van der Waals surface area contributed by atoms with Crippen molar-refractivity contribution in [2.24, 2.45) is 5.92 Å². The van der Waals surface area contributed by atoms with Crippen molar-refractivity contribution in [1.29, 1.82) is 0 Å². The maximum Gasteiger partial charge on any atom is 0.303 e. The van der Waals surface area contributed by atoms with Crippen molar-refractivity contribution in [2.75, 3.05) is 11.9 Å². The van der Waals surface area contributed by atoms with E-state index in [1.165, 1.54) is 6.33 Å². The summed E-state index contributed by atoms with van der Waals surface area (Å²) in [6.07, 6.45) is 2.51. The highest BCUT2D eigenvalue weighted by molar-refractivity contribution is 5.88. The number of carbonyl (C=O) groups is 1. The summed E-state index contributed by atoms with van der Waals surface area (Å²) in [7, 11) is 0. The van der Waals surface area contributed by atoms with Gasteiger partial charge in [-0.05, 0) is 18.1 Å². The maximum atomic E-state index is 10.7. The third kappa shape index (κ3) is 3.40. The van der Waals surface area contributed by atoms with Crippen molar-refractivity contribution in [3.8, 4) is 0 Å². The number of para-hydroxylation sites is 1. The Labute approximate surface area is 111 Å². The maximum absolute atomic E-state index is 10.7. The average molecular weight is 259 g/mol. The molecule has 0 aliphatic heterocycles. The van der Waals surface area contributed by atoms with Crippen LogP contribution in [0.1, 0.15) is 19.8 Å². The van der Waals surface area contributed by atoms with Gasteiger partial charge in [-0.3, -0.25) is 4.79 Å². The lowest BCUT2D eigenvalue weighted by molar-refractivity contribution is -0.138. The van der Waals surface area contributed by atoms with Crippen LogP contribution in [0.15, 0.2) is 30.6 Å². The minimum Gasteiger partial charge on any atom is -0.481 e. The van der Waals surface area contributed by atoms with Gasteiger partial charge in [-0.2, -0.15) is 0 Å². The van der Waals surface area contributed by atoms with Gasteiger partial charge in [0.05, 0.1) is 5.52 Å². The number of aliphatic carboxylic acids is 1. The van der Waals surface area contributed by atoms with Crippen LogP contribution < -0.4 is 5.32 Å². The van der Waals surface area contributed by atoms with Gasteiger partial charge < -0.3 is 10.4 Å². The number of aromatic nitrogens is 2. The molecule has 5 heteroatoms. The quantitative estimate of drug-likeness (QED) is 0.833. The van der Waals surface area contributed by atoms with Crippen LogP contribution in [0.2, 0.25) is 0 Å². The van der Waals surface area contributed by atoms with Crippen LogP contribution in [-0.2, 0) is 4.79 Å². The Morgan fingerprint density at radius 3 is 2.89 bits per heavy atom. The minimum atomic E-state index is -0.763. The van der Waals surface area contributed by atoms with Crippen LogP contribution >= 0.6 is 0 Å². The molecule has 0 spiro atoms. The number of nitrogens with zero attached hydrogens (tertiary/aromatic N) is 2. The molecule has 1 heterocycles. The first kappa shape index (κ1) is 13.3. The van der Waals surface area contributed by atoms with Gasteiger partial charge in [0.25, 0.3) is 0 Å². The number of anilines is 1. The second-order valence-corrected chi connectivity index (χ2v) is 4.49. The van der Waals surface area contributed by atoms with Crippen LogP contribution in [-0.4, -0.2) is 27.6 Å². The van der Waals surface area contributed by atoms with Crippen molar-refractivity contribution in [3.05, 3.63) is 30.6 Å². The van der Waals surface area contributed by atoms with E-state index >= 15 is 0 Å². The molecule has 0 saturated carbocycles. The fraction of sp³-hybridized carbons (Fsp3) is 0.357. The van der Waals surface area contributed by atoms with E-state index in [2.05, 4.69) is 15.3 Å². The molecule has 0 saturated heterocycles. The van der Waals surface area contributed by atoms with E-state index in [1.807, 2.05) is 31.2 Å². The highest BCUT2D eigenvalue weighted by Crippen LogP contribution is 2.19. The van der Waals surface area contributed by atoms with Crippen molar-refractivity contribution < 1.29 is 9.90 Å². The van der Waals surface area contributed by atoms with Crippen LogP contribution in [0, 0.1) is 5.92 Å². The summed E-state index contributed by atoms with van der Waals surface area (Å²) in [5, 5.41) is 13.0. The third-order valence-electron chi connectivity index (χ3n) is 3.14. The molecule has 1 aromatic heterocycles.